The van der Waals surface area contributed by atoms with Crippen LogP contribution in [-0.2, 0) is 13.6 Å². The van der Waals surface area contributed by atoms with Crippen molar-refractivity contribution in [2.45, 2.75) is 23.3 Å². The fourth-order valence-corrected chi connectivity index (χ4v) is 4.80. The summed E-state index contributed by atoms with van der Waals surface area (Å²) in [6.45, 7) is 1.77. The minimum Gasteiger partial charge on any atom is -0.505 e. The highest BCUT2D eigenvalue weighted by Crippen LogP contribution is 2.37. The smallest absolute Gasteiger partial charge is 0.354 e. The molecule has 0 amide bonds. The predicted octanol–water partition coefficient (Wildman–Crippen LogP) is 4.33. The van der Waals surface area contributed by atoms with Gasteiger partial charge in [-0.1, -0.05) is 23.9 Å². The highest BCUT2D eigenvalue weighted by atomic mass is 32.2. The molecule has 0 aliphatic carbocycles. The zero-order valence-electron chi connectivity index (χ0n) is 18.0. The topological polar surface area (TPSA) is 90.3 Å². The second-order valence-electron chi connectivity index (χ2n) is 7.75. The summed E-state index contributed by atoms with van der Waals surface area (Å²) in [6.07, 6.45) is 0. The number of aryl methyl sites for hydroxylation is 2. The zero-order valence-corrected chi connectivity index (χ0v) is 18.8. The van der Waals surface area contributed by atoms with Gasteiger partial charge in [0.15, 0.2) is 11.3 Å². The van der Waals surface area contributed by atoms with Crippen LogP contribution in [0.4, 0.5) is 8.78 Å². The molecule has 3 heterocycles. The van der Waals surface area contributed by atoms with E-state index in [9.17, 15) is 23.5 Å². The Morgan fingerprint density at radius 3 is 2.26 bits per heavy atom. The van der Waals surface area contributed by atoms with Gasteiger partial charge in [0.2, 0.25) is 0 Å². The molecule has 0 radical (unpaired) electrons. The average Bonchev–Trinajstić information content (AvgIpc) is 3.10. The number of halogens is 2. The third kappa shape index (κ3) is 3.56. The first-order valence-electron chi connectivity index (χ1n) is 10.2. The standard InChI is InChI=1S/C24H17F2N3O4S/c1-12-17-20-18(19(30)21(24(32)33-20)34-16-9-7-15(26)8-10-16)23(31)29(22(17)28(2)27-12)11-13-3-5-14(25)6-4-13/h3-10,30H,11H2,1-2H3. The van der Waals surface area contributed by atoms with Gasteiger partial charge in [-0.2, -0.15) is 5.10 Å². The summed E-state index contributed by atoms with van der Waals surface area (Å²) < 4.78 is 35.1. The van der Waals surface area contributed by atoms with Gasteiger partial charge < -0.3 is 9.52 Å². The summed E-state index contributed by atoms with van der Waals surface area (Å²) in [6, 6.07) is 11.0. The Morgan fingerprint density at radius 1 is 1.00 bits per heavy atom. The van der Waals surface area contributed by atoms with E-state index in [0.29, 0.717) is 27.2 Å². The Morgan fingerprint density at radius 2 is 1.62 bits per heavy atom. The van der Waals surface area contributed by atoms with E-state index >= 15 is 0 Å². The van der Waals surface area contributed by atoms with Crippen molar-refractivity contribution >= 4 is 33.8 Å². The number of hydrogen-bond donors (Lipinski definition) is 1. The van der Waals surface area contributed by atoms with E-state index in [0.717, 1.165) is 11.8 Å². The summed E-state index contributed by atoms with van der Waals surface area (Å²) >= 11 is 0.866. The Kier molecular flexibility index (Phi) is 5.24. The van der Waals surface area contributed by atoms with Gasteiger partial charge in [-0.15, -0.1) is 0 Å². The molecule has 0 atom stereocenters. The van der Waals surface area contributed by atoms with Crippen LogP contribution in [0.1, 0.15) is 11.3 Å². The van der Waals surface area contributed by atoms with Gasteiger partial charge >= 0.3 is 5.63 Å². The minimum atomic E-state index is -0.834. The van der Waals surface area contributed by atoms with E-state index in [1.54, 1.807) is 26.1 Å². The number of rotatable bonds is 4. The minimum absolute atomic E-state index is 0.0630. The lowest BCUT2D eigenvalue weighted by Gasteiger charge is -2.13. The summed E-state index contributed by atoms with van der Waals surface area (Å²) in [4.78, 5) is 26.7. The van der Waals surface area contributed by atoms with E-state index in [2.05, 4.69) is 5.10 Å². The fourth-order valence-electron chi connectivity index (χ4n) is 3.96. The SMILES string of the molecule is Cc1nn(C)c2c1c1oc(=O)c(Sc3ccc(F)cc3)c(O)c1c(=O)n2Cc1ccc(F)cc1. The molecule has 3 aromatic heterocycles. The monoisotopic (exact) mass is 481 g/mol. The molecular weight excluding hydrogens is 464 g/mol. The number of hydrogen-bond acceptors (Lipinski definition) is 6. The lowest BCUT2D eigenvalue weighted by Crippen LogP contribution is -2.24. The third-order valence-corrected chi connectivity index (χ3v) is 6.55. The molecule has 10 heteroatoms. The lowest BCUT2D eigenvalue weighted by atomic mass is 10.1. The lowest BCUT2D eigenvalue weighted by molar-refractivity contribution is 0.446. The molecule has 7 nitrogen and oxygen atoms in total. The predicted molar refractivity (Wildman–Crippen MR) is 123 cm³/mol. The molecule has 0 aliphatic heterocycles. The molecule has 1 N–H and O–H groups in total. The first-order valence-corrected chi connectivity index (χ1v) is 11.0. The zero-order chi connectivity index (χ0) is 24.1. The van der Waals surface area contributed by atoms with E-state index in [4.69, 9.17) is 4.42 Å². The Labute approximate surface area is 194 Å². The number of fused-ring (bicyclic) bond motifs is 3. The maximum Gasteiger partial charge on any atom is 0.354 e. The molecule has 34 heavy (non-hydrogen) atoms. The second kappa shape index (κ2) is 8.14. The van der Waals surface area contributed by atoms with Gasteiger partial charge in [0.1, 0.15) is 27.6 Å². The Bertz CT molecular complexity index is 1690. The van der Waals surface area contributed by atoms with Crippen molar-refractivity contribution in [1.29, 1.82) is 0 Å². The molecule has 0 aliphatic rings. The molecule has 0 spiro atoms. The summed E-state index contributed by atoms with van der Waals surface area (Å²) in [7, 11) is 1.65. The Balaban J connectivity index is 1.80. The number of benzene rings is 2. The van der Waals surface area contributed by atoms with E-state index in [1.165, 1.54) is 45.6 Å². The summed E-state index contributed by atoms with van der Waals surface area (Å²) in [5, 5.41) is 15.7. The van der Waals surface area contributed by atoms with Crippen molar-refractivity contribution in [1.82, 2.24) is 14.3 Å². The number of aromatic nitrogens is 3. The van der Waals surface area contributed by atoms with Crippen molar-refractivity contribution in [3.05, 3.63) is 92.2 Å². The van der Waals surface area contributed by atoms with E-state index < -0.39 is 28.6 Å². The van der Waals surface area contributed by atoms with Gasteiger partial charge in [-0.3, -0.25) is 14.0 Å². The highest BCUT2D eigenvalue weighted by Gasteiger charge is 2.25. The van der Waals surface area contributed by atoms with Gasteiger partial charge in [0.05, 0.1) is 17.6 Å². The van der Waals surface area contributed by atoms with Crippen LogP contribution in [0.25, 0.3) is 22.0 Å². The molecule has 0 saturated carbocycles. The van der Waals surface area contributed by atoms with Crippen LogP contribution in [0.15, 0.2) is 72.3 Å². The van der Waals surface area contributed by atoms with Crippen molar-refractivity contribution in [2.75, 3.05) is 0 Å². The van der Waals surface area contributed by atoms with Crippen molar-refractivity contribution in [3.63, 3.8) is 0 Å². The van der Waals surface area contributed by atoms with Gasteiger partial charge in [0.25, 0.3) is 5.56 Å². The molecule has 172 valence electrons. The number of nitrogens with zero attached hydrogens (tertiary/aromatic N) is 3. The van der Waals surface area contributed by atoms with Gasteiger partial charge in [-0.05, 0) is 48.9 Å². The Hall–Kier alpha value is -3.92. The average molecular weight is 481 g/mol. The first-order chi connectivity index (χ1) is 16.2. The van der Waals surface area contributed by atoms with Crippen LogP contribution in [0.5, 0.6) is 5.75 Å². The van der Waals surface area contributed by atoms with Gasteiger partial charge in [-0.25, -0.2) is 13.6 Å². The molecule has 5 rings (SSSR count). The molecule has 2 aromatic carbocycles. The second-order valence-corrected chi connectivity index (χ2v) is 8.84. The molecule has 0 saturated heterocycles. The third-order valence-electron chi connectivity index (χ3n) is 5.48. The molecule has 0 fully saturated rings. The largest absolute Gasteiger partial charge is 0.505 e. The van der Waals surface area contributed by atoms with Crippen molar-refractivity contribution < 1.29 is 18.3 Å². The first kappa shape index (κ1) is 21.9. The summed E-state index contributed by atoms with van der Waals surface area (Å²) in [5.74, 6) is -1.38. The maximum absolute atomic E-state index is 13.6. The molecule has 5 aromatic rings. The van der Waals surface area contributed by atoms with Crippen LogP contribution < -0.4 is 11.2 Å². The van der Waals surface area contributed by atoms with Crippen LogP contribution in [0, 0.1) is 18.6 Å². The van der Waals surface area contributed by atoms with Crippen LogP contribution in [0.2, 0.25) is 0 Å². The number of aromatic hydroxyl groups is 1. The van der Waals surface area contributed by atoms with Crippen LogP contribution in [0.3, 0.4) is 0 Å². The fraction of sp³-hybridized carbons (Fsp3) is 0.125. The van der Waals surface area contributed by atoms with E-state index in [-0.39, 0.29) is 22.4 Å². The number of pyridine rings is 1. The van der Waals surface area contributed by atoms with Gasteiger partial charge in [0, 0.05) is 11.9 Å². The van der Waals surface area contributed by atoms with E-state index in [1.807, 2.05) is 0 Å². The summed E-state index contributed by atoms with van der Waals surface area (Å²) in [5.41, 5.74) is 0.0435. The quantitative estimate of drug-likeness (QED) is 0.411. The molecule has 0 unspecified atom stereocenters. The molecular formula is C24H17F2N3O4S. The normalized spacial score (nSPS) is 11.5. The van der Waals surface area contributed by atoms with Crippen molar-refractivity contribution in [3.8, 4) is 5.75 Å². The molecule has 0 bridgehead atoms. The van der Waals surface area contributed by atoms with Crippen LogP contribution in [-0.4, -0.2) is 19.5 Å². The van der Waals surface area contributed by atoms with Crippen LogP contribution >= 0.6 is 11.8 Å². The van der Waals surface area contributed by atoms with Crippen molar-refractivity contribution in [2.24, 2.45) is 7.05 Å². The highest BCUT2D eigenvalue weighted by molar-refractivity contribution is 7.99. The maximum atomic E-state index is 13.6.